The van der Waals surface area contributed by atoms with E-state index >= 15 is 0 Å². The Labute approximate surface area is 332 Å². The van der Waals surface area contributed by atoms with Gasteiger partial charge in [-0.2, -0.15) is 0 Å². The third kappa shape index (κ3) is 5.14. The Kier molecular flexibility index (Phi) is 7.16. The fourth-order valence-electron chi connectivity index (χ4n) is 8.55. The highest BCUT2D eigenvalue weighted by atomic mass is 16.3. The molecule has 272 valence electrons. The molecule has 5 heteroatoms. The van der Waals surface area contributed by atoms with Crippen LogP contribution < -0.4 is 4.90 Å². The zero-order valence-electron chi connectivity index (χ0n) is 31.1. The minimum Gasteiger partial charge on any atom is -0.456 e. The molecule has 0 radical (unpaired) electrons. The zero-order valence-corrected chi connectivity index (χ0v) is 31.1. The highest BCUT2D eigenvalue weighted by molar-refractivity contribution is 6.20. The number of nitrogens with zero attached hydrogens (tertiary/aromatic N) is 2. The summed E-state index contributed by atoms with van der Waals surface area (Å²) in [7, 11) is 0. The predicted molar refractivity (Wildman–Crippen MR) is 237 cm³/mol. The fraction of sp³-hybridized carbons (Fsp3) is 0. The van der Waals surface area contributed by atoms with Crippen molar-refractivity contribution in [2.75, 3.05) is 4.90 Å². The van der Waals surface area contributed by atoms with Crippen LogP contribution in [0.15, 0.2) is 207 Å². The Bertz CT molecular complexity index is 3510. The van der Waals surface area contributed by atoms with E-state index in [0.717, 1.165) is 111 Å². The number of fused-ring (bicyclic) bond motifs is 9. The zero-order chi connectivity index (χ0) is 38.2. The largest absolute Gasteiger partial charge is 0.456 e. The number of aromatic nitrogens is 1. The van der Waals surface area contributed by atoms with Crippen molar-refractivity contribution in [1.82, 2.24) is 4.98 Å². The van der Waals surface area contributed by atoms with Gasteiger partial charge in [-0.25, -0.2) is 4.98 Å². The third-order valence-electron chi connectivity index (χ3n) is 11.3. The molecule has 0 amide bonds. The van der Waals surface area contributed by atoms with Crippen LogP contribution in [-0.4, -0.2) is 4.98 Å². The van der Waals surface area contributed by atoms with Crippen LogP contribution in [0.5, 0.6) is 0 Å². The second-order valence-electron chi connectivity index (χ2n) is 14.7. The number of furan rings is 2. The molecule has 3 aromatic heterocycles. The molecule has 0 atom stereocenters. The SMILES string of the molecule is c1ccc(-c2nc3cccc(-c4cc5c6ccc(-c7ccc(N(c8ccccc8)c8ccc9oc%10ccccc%10c9c8)cc7)cc6oc5c5ccccc45)c3o2)cc1. The van der Waals surface area contributed by atoms with Crippen molar-refractivity contribution >= 4 is 82.8 Å². The maximum atomic E-state index is 6.75. The summed E-state index contributed by atoms with van der Waals surface area (Å²) < 4.78 is 19.4. The van der Waals surface area contributed by atoms with E-state index in [0.29, 0.717) is 5.89 Å². The lowest BCUT2D eigenvalue weighted by atomic mass is 9.94. The number of oxazole rings is 1. The Morgan fingerprint density at radius 3 is 1.84 bits per heavy atom. The average molecular weight is 745 g/mol. The molecule has 12 aromatic rings. The van der Waals surface area contributed by atoms with Crippen LogP contribution in [-0.2, 0) is 0 Å². The lowest BCUT2D eigenvalue weighted by molar-refractivity contribution is 0.621. The first-order valence-electron chi connectivity index (χ1n) is 19.4. The van der Waals surface area contributed by atoms with Gasteiger partial charge in [0.05, 0.1) is 0 Å². The van der Waals surface area contributed by atoms with Gasteiger partial charge in [0.1, 0.15) is 27.8 Å². The highest BCUT2D eigenvalue weighted by Gasteiger charge is 2.20. The second-order valence-corrected chi connectivity index (χ2v) is 14.7. The smallest absolute Gasteiger partial charge is 0.227 e. The molecule has 0 aliphatic heterocycles. The van der Waals surface area contributed by atoms with Gasteiger partial charge in [-0.1, -0.05) is 109 Å². The lowest BCUT2D eigenvalue weighted by Crippen LogP contribution is -2.09. The minimum absolute atomic E-state index is 0.611. The van der Waals surface area contributed by atoms with Crippen molar-refractivity contribution in [2.45, 2.75) is 0 Å². The minimum atomic E-state index is 0.611. The van der Waals surface area contributed by atoms with E-state index in [1.165, 1.54) is 0 Å². The molecule has 0 spiro atoms. The lowest BCUT2D eigenvalue weighted by Gasteiger charge is -2.25. The monoisotopic (exact) mass is 744 g/mol. The average Bonchev–Trinajstić information content (AvgIpc) is 4.01. The molecule has 0 N–H and O–H groups in total. The summed E-state index contributed by atoms with van der Waals surface area (Å²) >= 11 is 0. The van der Waals surface area contributed by atoms with Crippen molar-refractivity contribution in [3.8, 4) is 33.7 Å². The number of anilines is 3. The van der Waals surface area contributed by atoms with Crippen LogP contribution in [0.1, 0.15) is 0 Å². The molecule has 0 saturated carbocycles. The molecule has 0 aliphatic carbocycles. The third-order valence-corrected chi connectivity index (χ3v) is 11.3. The van der Waals surface area contributed by atoms with E-state index in [2.05, 4.69) is 144 Å². The number of hydrogen-bond acceptors (Lipinski definition) is 5. The molecule has 0 aliphatic rings. The first kappa shape index (κ1) is 32.4. The van der Waals surface area contributed by atoms with E-state index in [9.17, 15) is 0 Å². The Morgan fingerprint density at radius 2 is 1.00 bits per heavy atom. The summed E-state index contributed by atoms with van der Waals surface area (Å²) in [6, 6.07) is 67.4. The Hall–Kier alpha value is -7.89. The fourth-order valence-corrected chi connectivity index (χ4v) is 8.55. The molecular weight excluding hydrogens is 713 g/mol. The second kappa shape index (κ2) is 12.8. The standard InChI is InChI=1S/C53H32N2O3/c1-3-12-34(13-4-1)53-54-47-20-11-19-43(52(47)58-53)44-32-46-41-28-24-35(30-50(41)57-51(46)42-18-8-7-16-39(42)44)33-22-25-37(26-23-33)55(36-14-5-2-6-15-36)38-27-29-49-45(31-38)40-17-9-10-21-48(40)56-49/h1-32H. The summed E-state index contributed by atoms with van der Waals surface area (Å²) in [6.45, 7) is 0. The van der Waals surface area contributed by atoms with E-state index in [1.54, 1.807) is 0 Å². The van der Waals surface area contributed by atoms with Crippen molar-refractivity contribution in [3.63, 3.8) is 0 Å². The summed E-state index contributed by atoms with van der Waals surface area (Å²) in [4.78, 5) is 7.15. The van der Waals surface area contributed by atoms with E-state index in [-0.39, 0.29) is 0 Å². The summed E-state index contributed by atoms with van der Waals surface area (Å²) in [6.07, 6.45) is 0. The van der Waals surface area contributed by atoms with Gasteiger partial charge >= 0.3 is 0 Å². The van der Waals surface area contributed by atoms with Crippen LogP contribution in [0.25, 0.3) is 99.5 Å². The topological polar surface area (TPSA) is 55.6 Å². The van der Waals surface area contributed by atoms with E-state index < -0.39 is 0 Å². The Morgan fingerprint density at radius 1 is 0.328 bits per heavy atom. The predicted octanol–water partition coefficient (Wildman–Crippen LogP) is 15.3. The molecule has 0 fully saturated rings. The van der Waals surface area contributed by atoms with Crippen molar-refractivity contribution < 1.29 is 13.3 Å². The molecule has 5 nitrogen and oxygen atoms in total. The molecule has 9 aromatic carbocycles. The molecule has 0 unspecified atom stereocenters. The summed E-state index contributed by atoms with van der Waals surface area (Å²) in [5.41, 5.74) is 13.5. The van der Waals surface area contributed by atoms with Gasteiger partial charge in [0.15, 0.2) is 5.58 Å². The maximum absolute atomic E-state index is 6.75. The van der Waals surface area contributed by atoms with Gasteiger partial charge < -0.3 is 18.2 Å². The van der Waals surface area contributed by atoms with Crippen LogP contribution >= 0.6 is 0 Å². The first-order chi connectivity index (χ1) is 28.7. The maximum Gasteiger partial charge on any atom is 0.227 e. The summed E-state index contributed by atoms with van der Waals surface area (Å²) in [5, 5.41) is 6.48. The van der Waals surface area contributed by atoms with Gasteiger partial charge in [-0.3, -0.25) is 0 Å². The van der Waals surface area contributed by atoms with Crippen LogP contribution in [0.3, 0.4) is 0 Å². The first-order valence-corrected chi connectivity index (χ1v) is 19.4. The van der Waals surface area contributed by atoms with Crippen LogP contribution in [0, 0.1) is 0 Å². The van der Waals surface area contributed by atoms with Gasteiger partial charge in [-0.05, 0) is 107 Å². The van der Waals surface area contributed by atoms with Gasteiger partial charge in [0.2, 0.25) is 5.89 Å². The number of benzene rings is 9. The molecule has 58 heavy (non-hydrogen) atoms. The van der Waals surface area contributed by atoms with E-state index in [4.69, 9.17) is 18.2 Å². The number of hydrogen-bond donors (Lipinski definition) is 0. The molecule has 12 rings (SSSR count). The van der Waals surface area contributed by atoms with Crippen molar-refractivity contribution in [2.24, 2.45) is 0 Å². The summed E-state index contributed by atoms with van der Waals surface area (Å²) in [5.74, 6) is 0.611. The quantitative estimate of drug-likeness (QED) is 0.170. The number of rotatable bonds is 6. The molecular formula is C53H32N2O3. The van der Waals surface area contributed by atoms with E-state index in [1.807, 2.05) is 54.6 Å². The van der Waals surface area contributed by atoms with Crippen molar-refractivity contribution in [3.05, 3.63) is 194 Å². The van der Waals surface area contributed by atoms with Gasteiger partial charge in [0.25, 0.3) is 0 Å². The van der Waals surface area contributed by atoms with Gasteiger partial charge in [0, 0.05) is 55.1 Å². The Balaban J connectivity index is 0.946. The van der Waals surface area contributed by atoms with Crippen molar-refractivity contribution in [1.29, 1.82) is 0 Å². The van der Waals surface area contributed by atoms with Crippen LogP contribution in [0.4, 0.5) is 17.1 Å². The molecule has 3 heterocycles. The molecule has 0 saturated heterocycles. The highest BCUT2D eigenvalue weighted by Crippen LogP contribution is 2.44. The van der Waals surface area contributed by atoms with Crippen LogP contribution in [0.2, 0.25) is 0 Å². The number of para-hydroxylation sites is 3. The van der Waals surface area contributed by atoms with Gasteiger partial charge in [-0.15, -0.1) is 0 Å². The molecule has 0 bridgehead atoms. The normalized spacial score (nSPS) is 11.8.